The molecule has 1 aromatic rings. The van der Waals surface area contributed by atoms with Gasteiger partial charge in [-0.05, 0) is 5.92 Å². The Labute approximate surface area is 106 Å². The van der Waals surface area contributed by atoms with Gasteiger partial charge in [-0.3, -0.25) is 9.59 Å². The molecule has 0 aliphatic heterocycles. The molecule has 0 saturated heterocycles. The molecule has 6 nitrogen and oxygen atoms in total. The second-order valence-electron chi connectivity index (χ2n) is 4.70. The minimum atomic E-state index is -0.935. The maximum absolute atomic E-state index is 11.9. The molecule has 1 unspecified atom stereocenters. The highest BCUT2D eigenvalue weighted by molar-refractivity contribution is 5.91. The lowest BCUT2D eigenvalue weighted by Gasteiger charge is -2.17. The molecular formula is C12H18N2O4. The van der Waals surface area contributed by atoms with Gasteiger partial charge < -0.3 is 14.5 Å². The third-order valence-corrected chi connectivity index (χ3v) is 2.65. The number of aromatic nitrogens is 1. The van der Waals surface area contributed by atoms with Gasteiger partial charge in [-0.25, -0.2) is 0 Å². The number of nitrogens with zero attached hydrogens (tertiary/aromatic N) is 2. The number of carboxylic acid groups (broad SMARTS) is 1. The molecule has 1 atom stereocenters. The Hall–Kier alpha value is -1.85. The van der Waals surface area contributed by atoms with Crippen molar-refractivity contribution in [2.45, 2.75) is 26.7 Å². The molecule has 1 rings (SSSR count). The van der Waals surface area contributed by atoms with E-state index < -0.39 is 11.9 Å². The van der Waals surface area contributed by atoms with Crippen LogP contribution in [-0.4, -0.2) is 40.6 Å². The van der Waals surface area contributed by atoms with Gasteiger partial charge in [0.05, 0.1) is 11.6 Å². The Morgan fingerprint density at radius 1 is 1.44 bits per heavy atom. The average molecular weight is 254 g/mol. The summed E-state index contributed by atoms with van der Waals surface area (Å²) in [5, 5.41) is 12.6. The summed E-state index contributed by atoms with van der Waals surface area (Å²) in [5.41, 5.74) is 0.707. The summed E-state index contributed by atoms with van der Waals surface area (Å²) >= 11 is 0. The van der Waals surface area contributed by atoms with Gasteiger partial charge in [0.2, 0.25) is 5.76 Å². The van der Waals surface area contributed by atoms with E-state index in [1.54, 1.807) is 20.0 Å². The lowest BCUT2D eigenvalue weighted by atomic mass is 10.1. The lowest BCUT2D eigenvalue weighted by Crippen LogP contribution is -2.33. The van der Waals surface area contributed by atoms with Crippen LogP contribution in [0, 0.1) is 5.92 Å². The van der Waals surface area contributed by atoms with E-state index in [0.29, 0.717) is 5.69 Å². The van der Waals surface area contributed by atoms with Gasteiger partial charge in [-0.2, -0.15) is 0 Å². The summed E-state index contributed by atoms with van der Waals surface area (Å²) in [6.45, 7) is 5.57. The van der Waals surface area contributed by atoms with Crippen molar-refractivity contribution in [1.82, 2.24) is 10.1 Å². The Bertz CT molecular complexity index is 439. The van der Waals surface area contributed by atoms with Crippen LogP contribution in [0.1, 0.15) is 42.9 Å². The van der Waals surface area contributed by atoms with Crippen molar-refractivity contribution in [3.8, 4) is 0 Å². The highest BCUT2D eigenvalue weighted by Gasteiger charge is 2.22. The number of rotatable bonds is 5. The second-order valence-corrected chi connectivity index (χ2v) is 4.70. The molecular weight excluding hydrogens is 236 g/mol. The van der Waals surface area contributed by atoms with Crippen molar-refractivity contribution in [3.05, 3.63) is 17.5 Å². The number of aliphatic carboxylic acids is 1. The van der Waals surface area contributed by atoms with Crippen molar-refractivity contribution < 1.29 is 19.2 Å². The van der Waals surface area contributed by atoms with Crippen LogP contribution < -0.4 is 0 Å². The van der Waals surface area contributed by atoms with Crippen LogP contribution in [-0.2, 0) is 4.79 Å². The molecule has 0 aromatic carbocycles. The Kier molecular flexibility index (Phi) is 4.47. The first kappa shape index (κ1) is 14.2. The normalized spacial score (nSPS) is 12.5. The first-order valence-corrected chi connectivity index (χ1v) is 5.77. The zero-order valence-corrected chi connectivity index (χ0v) is 11.0. The fourth-order valence-corrected chi connectivity index (χ4v) is 1.42. The van der Waals surface area contributed by atoms with Gasteiger partial charge in [0.25, 0.3) is 5.91 Å². The van der Waals surface area contributed by atoms with Crippen molar-refractivity contribution >= 4 is 11.9 Å². The Morgan fingerprint density at radius 2 is 2.06 bits per heavy atom. The third-order valence-electron chi connectivity index (χ3n) is 2.65. The zero-order valence-electron chi connectivity index (χ0n) is 11.0. The molecule has 0 aliphatic carbocycles. The average Bonchev–Trinajstić information content (AvgIpc) is 2.76. The summed E-state index contributed by atoms with van der Waals surface area (Å²) in [5.74, 6) is -1.60. The summed E-state index contributed by atoms with van der Waals surface area (Å²) in [4.78, 5) is 24.0. The molecule has 18 heavy (non-hydrogen) atoms. The standard InChI is InChI=1S/C12H18N2O4/c1-7(2)9-5-10(18-13-9)11(15)14(4)6-8(3)12(16)17/h5,7-8H,6H2,1-4H3,(H,16,17). The van der Waals surface area contributed by atoms with Crippen LogP contribution in [0.5, 0.6) is 0 Å². The quantitative estimate of drug-likeness (QED) is 0.862. The van der Waals surface area contributed by atoms with Gasteiger partial charge in [0, 0.05) is 19.7 Å². The van der Waals surface area contributed by atoms with E-state index in [9.17, 15) is 9.59 Å². The lowest BCUT2D eigenvalue weighted by molar-refractivity contribution is -0.141. The Balaban J connectivity index is 2.71. The van der Waals surface area contributed by atoms with E-state index in [4.69, 9.17) is 9.63 Å². The number of amides is 1. The zero-order chi connectivity index (χ0) is 13.9. The van der Waals surface area contributed by atoms with E-state index in [0.717, 1.165) is 0 Å². The van der Waals surface area contributed by atoms with Crippen LogP contribution in [0.15, 0.2) is 10.6 Å². The van der Waals surface area contributed by atoms with E-state index in [1.165, 1.54) is 4.90 Å². The van der Waals surface area contributed by atoms with Gasteiger partial charge in [-0.15, -0.1) is 0 Å². The first-order chi connectivity index (χ1) is 8.32. The summed E-state index contributed by atoms with van der Waals surface area (Å²) < 4.78 is 4.96. The fraction of sp³-hybridized carbons (Fsp3) is 0.583. The van der Waals surface area contributed by atoms with Crippen molar-refractivity contribution in [3.63, 3.8) is 0 Å². The summed E-state index contributed by atoms with van der Waals surface area (Å²) in [7, 11) is 1.54. The van der Waals surface area contributed by atoms with Crippen molar-refractivity contribution in [2.24, 2.45) is 5.92 Å². The molecule has 0 radical (unpaired) electrons. The van der Waals surface area contributed by atoms with Crippen LogP contribution in [0.25, 0.3) is 0 Å². The molecule has 1 amide bonds. The van der Waals surface area contributed by atoms with Crippen molar-refractivity contribution in [1.29, 1.82) is 0 Å². The SMILES string of the molecule is CC(CN(C)C(=O)c1cc(C(C)C)no1)C(=O)O. The van der Waals surface area contributed by atoms with E-state index in [-0.39, 0.29) is 24.1 Å². The topological polar surface area (TPSA) is 83.6 Å². The molecule has 0 spiro atoms. The molecule has 0 bridgehead atoms. The minimum Gasteiger partial charge on any atom is -0.481 e. The largest absolute Gasteiger partial charge is 0.481 e. The van der Waals surface area contributed by atoms with Crippen LogP contribution in [0.4, 0.5) is 0 Å². The third kappa shape index (κ3) is 3.32. The Morgan fingerprint density at radius 3 is 2.50 bits per heavy atom. The predicted molar refractivity (Wildman–Crippen MR) is 64.4 cm³/mol. The molecule has 0 fully saturated rings. The maximum atomic E-state index is 11.9. The van der Waals surface area contributed by atoms with Gasteiger partial charge in [-0.1, -0.05) is 25.9 Å². The van der Waals surface area contributed by atoms with Gasteiger partial charge in [0.15, 0.2) is 0 Å². The van der Waals surface area contributed by atoms with Crippen molar-refractivity contribution in [2.75, 3.05) is 13.6 Å². The van der Waals surface area contributed by atoms with E-state index in [1.807, 2.05) is 13.8 Å². The maximum Gasteiger partial charge on any atom is 0.308 e. The minimum absolute atomic E-state index is 0.131. The smallest absolute Gasteiger partial charge is 0.308 e. The van der Waals surface area contributed by atoms with E-state index in [2.05, 4.69) is 5.16 Å². The van der Waals surface area contributed by atoms with Gasteiger partial charge in [0.1, 0.15) is 0 Å². The molecule has 1 heterocycles. The number of hydrogen-bond donors (Lipinski definition) is 1. The highest BCUT2D eigenvalue weighted by atomic mass is 16.5. The van der Waals surface area contributed by atoms with Crippen LogP contribution >= 0.6 is 0 Å². The number of carboxylic acids is 1. The van der Waals surface area contributed by atoms with Crippen LogP contribution in [0.2, 0.25) is 0 Å². The molecule has 1 N–H and O–H groups in total. The van der Waals surface area contributed by atoms with Gasteiger partial charge >= 0.3 is 5.97 Å². The van der Waals surface area contributed by atoms with E-state index >= 15 is 0 Å². The molecule has 0 saturated carbocycles. The second kappa shape index (κ2) is 5.66. The summed E-state index contributed by atoms with van der Waals surface area (Å²) in [6, 6.07) is 1.59. The number of carbonyl (C=O) groups excluding carboxylic acids is 1. The number of carbonyl (C=O) groups is 2. The fourth-order valence-electron chi connectivity index (χ4n) is 1.42. The molecule has 6 heteroatoms. The molecule has 1 aromatic heterocycles. The highest BCUT2D eigenvalue weighted by Crippen LogP contribution is 2.15. The number of hydrogen-bond acceptors (Lipinski definition) is 4. The molecule has 100 valence electrons. The molecule has 0 aliphatic rings. The monoisotopic (exact) mass is 254 g/mol. The first-order valence-electron chi connectivity index (χ1n) is 5.77. The predicted octanol–water partition coefficient (Wildman–Crippen LogP) is 1.59. The van der Waals surface area contributed by atoms with Crippen LogP contribution in [0.3, 0.4) is 0 Å². The summed E-state index contributed by atoms with van der Waals surface area (Å²) in [6.07, 6.45) is 0.